The van der Waals surface area contributed by atoms with Crippen LogP contribution in [0.3, 0.4) is 0 Å². The fourth-order valence-corrected chi connectivity index (χ4v) is 8.06. The molecule has 0 saturated heterocycles. The van der Waals surface area contributed by atoms with Gasteiger partial charge in [-0.2, -0.15) is 0 Å². The van der Waals surface area contributed by atoms with E-state index in [0.717, 1.165) is 66.0 Å². The van der Waals surface area contributed by atoms with Crippen LogP contribution in [0.15, 0.2) is 174 Å². The van der Waals surface area contributed by atoms with Crippen LogP contribution in [-0.4, -0.2) is 9.97 Å². The van der Waals surface area contributed by atoms with Crippen LogP contribution in [0.5, 0.6) is 0 Å². The first kappa shape index (κ1) is 28.0. The zero-order valence-corrected chi connectivity index (χ0v) is 27.5. The first-order chi connectivity index (χ1) is 25.3. The zero-order valence-electron chi connectivity index (χ0n) is 27.5. The van der Waals surface area contributed by atoms with Crippen LogP contribution in [0.2, 0.25) is 0 Å². The van der Waals surface area contributed by atoms with Gasteiger partial charge < -0.3 is 4.42 Å². The number of fused-ring (bicyclic) bond motifs is 12. The molecule has 0 fully saturated rings. The monoisotopic (exact) mass is 648 g/mol. The van der Waals surface area contributed by atoms with Gasteiger partial charge in [-0.25, -0.2) is 9.97 Å². The van der Waals surface area contributed by atoms with Gasteiger partial charge in [0.05, 0.1) is 11.2 Å². The maximum absolute atomic E-state index is 6.65. The molecule has 51 heavy (non-hydrogen) atoms. The standard InChI is InChI=1S/C48H28N2O/c1-2-12-29(13-3-1)46-39-20-10-11-21-44(39)49-48(50-46)43-28-42-41-27-31(23-25-45(41)51-47(42)38-19-9-8-18-36(38)43)30-22-24-37-34-16-5-4-14-32(34)33-15-6-7-17-35(33)40(37)26-30/h1-28H. The molecule has 3 nitrogen and oxygen atoms in total. The lowest BCUT2D eigenvalue weighted by Gasteiger charge is -2.12. The minimum atomic E-state index is 0.699. The lowest BCUT2D eigenvalue weighted by atomic mass is 9.92. The van der Waals surface area contributed by atoms with Crippen LogP contribution >= 0.6 is 0 Å². The molecule has 11 rings (SSSR count). The Balaban J connectivity index is 1.15. The van der Waals surface area contributed by atoms with Crippen molar-refractivity contribution in [2.24, 2.45) is 0 Å². The van der Waals surface area contributed by atoms with Crippen molar-refractivity contribution in [3.63, 3.8) is 0 Å². The fraction of sp³-hybridized carbons (Fsp3) is 0. The molecule has 0 N–H and O–H groups in total. The third-order valence-corrected chi connectivity index (χ3v) is 10.4. The van der Waals surface area contributed by atoms with Crippen molar-refractivity contribution in [3.8, 4) is 33.8 Å². The summed E-state index contributed by atoms with van der Waals surface area (Å²) in [5, 5.41) is 12.9. The lowest BCUT2D eigenvalue weighted by molar-refractivity contribution is 0.673. The smallest absolute Gasteiger partial charge is 0.161 e. The highest BCUT2D eigenvalue weighted by molar-refractivity contribution is 6.26. The molecule has 2 heterocycles. The molecule has 0 radical (unpaired) electrons. The second-order valence-electron chi connectivity index (χ2n) is 13.3. The van der Waals surface area contributed by atoms with Gasteiger partial charge in [0.15, 0.2) is 5.82 Å². The number of para-hydroxylation sites is 1. The van der Waals surface area contributed by atoms with Crippen LogP contribution in [0.4, 0.5) is 0 Å². The molecule has 0 aliphatic rings. The summed E-state index contributed by atoms with van der Waals surface area (Å²) in [6.45, 7) is 0. The van der Waals surface area contributed by atoms with E-state index in [2.05, 4.69) is 158 Å². The Hall–Kier alpha value is -6.84. The van der Waals surface area contributed by atoms with Crippen molar-refractivity contribution in [2.75, 3.05) is 0 Å². The number of rotatable bonds is 3. The number of aromatic nitrogens is 2. The molecule has 2 aromatic heterocycles. The lowest BCUT2D eigenvalue weighted by Crippen LogP contribution is -1.96. The molecule has 0 aliphatic carbocycles. The number of hydrogen-bond donors (Lipinski definition) is 0. The topological polar surface area (TPSA) is 38.9 Å². The first-order valence-corrected chi connectivity index (χ1v) is 17.3. The van der Waals surface area contributed by atoms with Crippen molar-refractivity contribution < 1.29 is 4.42 Å². The normalized spacial score (nSPS) is 11.9. The molecule has 0 bridgehead atoms. The summed E-state index contributed by atoms with van der Waals surface area (Å²) in [6, 6.07) is 60.2. The van der Waals surface area contributed by atoms with Crippen LogP contribution in [0.25, 0.3) is 110 Å². The van der Waals surface area contributed by atoms with E-state index in [-0.39, 0.29) is 0 Å². The van der Waals surface area contributed by atoms with Gasteiger partial charge in [0.25, 0.3) is 0 Å². The third-order valence-electron chi connectivity index (χ3n) is 10.4. The summed E-state index contributed by atoms with van der Waals surface area (Å²) < 4.78 is 6.65. The Morgan fingerprint density at radius 1 is 0.333 bits per heavy atom. The van der Waals surface area contributed by atoms with E-state index >= 15 is 0 Å². The quantitative estimate of drug-likeness (QED) is 0.179. The Kier molecular flexibility index (Phi) is 5.96. The average Bonchev–Trinajstić information content (AvgIpc) is 3.58. The Morgan fingerprint density at radius 3 is 1.61 bits per heavy atom. The highest BCUT2D eigenvalue weighted by atomic mass is 16.3. The molecule has 0 unspecified atom stereocenters. The van der Waals surface area contributed by atoms with E-state index < -0.39 is 0 Å². The first-order valence-electron chi connectivity index (χ1n) is 17.3. The van der Waals surface area contributed by atoms with Crippen molar-refractivity contribution in [2.45, 2.75) is 0 Å². The van der Waals surface area contributed by atoms with Gasteiger partial charge in [-0.1, -0.05) is 140 Å². The number of hydrogen-bond acceptors (Lipinski definition) is 3. The Labute approximate surface area is 293 Å². The molecule has 0 saturated carbocycles. The third kappa shape index (κ3) is 4.25. The highest BCUT2D eigenvalue weighted by Gasteiger charge is 2.19. The molecule has 0 atom stereocenters. The summed E-state index contributed by atoms with van der Waals surface area (Å²) in [5.41, 5.74) is 7.95. The number of nitrogens with zero attached hydrogens (tertiary/aromatic N) is 2. The van der Waals surface area contributed by atoms with E-state index in [9.17, 15) is 0 Å². The molecule has 3 heteroatoms. The van der Waals surface area contributed by atoms with Crippen LogP contribution in [0.1, 0.15) is 0 Å². The molecule has 236 valence electrons. The summed E-state index contributed by atoms with van der Waals surface area (Å²) in [7, 11) is 0. The minimum Gasteiger partial charge on any atom is -0.455 e. The van der Waals surface area contributed by atoms with Gasteiger partial charge in [0.2, 0.25) is 0 Å². The van der Waals surface area contributed by atoms with E-state index in [1.54, 1.807) is 0 Å². The van der Waals surface area contributed by atoms with E-state index in [4.69, 9.17) is 14.4 Å². The van der Waals surface area contributed by atoms with Crippen molar-refractivity contribution in [1.82, 2.24) is 9.97 Å². The van der Waals surface area contributed by atoms with Gasteiger partial charge in [-0.05, 0) is 79.2 Å². The predicted molar refractivity (Wildman–Crippen MR) is 213 cm³/mol. The highest BCUT2D eigenvalue weighted by Crippen LogP contribution is 2.42. The average molecular weight is 649 g/mol. The van der Waals surface area contributed by atoms with Gasteiger partial charge in [-0.15, -0.1) is 0 Å². The van der Waals surface area contributed by atoms with Gasteiger partial charge in [0, 0.05) is 32.7 Å². The molecule has 0 spiro atoms. The van der Waals surface area contributed by atoms with E-state index in [1.165, 1.54) is 37.9 Å². The Bertz CT molecular complexity index is 3160. The van der Waals surface area contributed by atoms with Crippen LogP contribution < -0.4 is 0 Å². The minimum absolute atomic E-state index is 0.699. The number of furan rings is 1. The van der Waals surface area contributed by atoms with Crippen molar-refractivity contribution in [1.29, 1.82) is 0 Å². The molecule has 0 aliphatic heterocycles. The Morgan fingerprint density at radius 2 is 0.882 bits per heavy atom. The SMILES string of the molecule is c1ccc(-c2nc(-c3cc4c5cc(-c6ccc7c8ccccc8c8ccccc8c7c6)ccc5oc4c4ccccc34)nc3ccccc23)cc1. The second kappa shape index (κ2) is 10.8. The summed E-state index contributed by atoms with van der Waals surface area (Å²) in [4.78, 5) is 10.4. The van der Waals surface area contributed by atoms with E-state index in [1.807, 2.05) is 12.1 Å². The molecule has 0 amide bonds. The molecular formula is C48H28N2O. The van der Waals surface area contributed by atoms with Gasteiger partial charge in [0.1, 0.15) is 11.2 Å². The van der Waals surface area contributed by atoms with E-state index in [0.29, 0.717) is 5.82 Å². The maximum atomic E-state index is 6.65. The molecule has 11 aromatic rings. The predicted octanol–water partition coefficient (Wildman–Crippen LogP) is 13.1. The summed E-state index contributed by atoms with van der Waals surface area (Å²) in [6.07, 6.45) is 0. The van der Waals surface area contributed by atoms with Crippen LogP contribution in [0, 0.1) is 0 Å². The summed E-state index contributed by atoms with van der Waals surface area (Å²) >= 11 is 0. The molecule has 9 aromatic carbocycles. The van der Waals surface area contributed by atoms with Crippen molar-refractivity contribution in [3.05, 3.63) is 170 Å². The molecular weight excluding hydrogens is 621 g/mol. The summed E-state index contributed by atoms with van der Waals surface area (Å²) in [5.74, 6) is 0.699. The largest absolute Gasteiger partial charge is 0.455 e. The van der Waals surface area contributed by atoms with Crippen molar-refractivity contribution >= 4 is 75.9 Å². The second-order valence-corrected chi connectivity index (χ2v) is 13.3. The van der Waals surface area contributed by atoms with Gasteiger partial charge in [-0.3, -0.25) is 0 Å². The maximum Gasteiger partial charge on any atom is 0.161 e. The zero-order chi connectivity index (χ0) is 33.5. The van der Waals surface area contributed by atoms with Crippen LogP contribution in [-0.2, 0) is 0 Å². The fourth-order valence-electron chi connectivity index (χ4n) is 8.06. The number of benzene rings is 9. The van der Waals surface area contributed by atoms with Gasteiger partial charge >= 0.3 is 0 Å².